The Bertz CT molecular complexity index is 627. The van der Waals surface area contributed by atoms with Crippen molar-refractivity contribution in [1.82, 2.24) is 9.55 Å². The second kappa shape index (κ2) is 5.60. The van der Waals surface area contributed by atoms with Crippen LogP contribution in [0.4, 0.5) is 0 Å². The second-order valence-electron chi connectivity index (χ2n) is 4.74. The Morgan fingerprint density at radius 1 is 1.32 bits per heavy atom. The predicted octanol–water partition coefficient (Wildman–Crippen LogP) is 2.18. The Morgan fingerprint density at radius 2 is 2.21 bits per heavy atom. The zero-order chi connectivity index (χ0) is 13.1. The van der Waals surface area contributed by atoms with E-state index in [1.807, 2.05) is 6.33 Å². The number of imidazole rings is 1. The van der Waals surface area contributed by atoms with Crippen molar-refractivity contribution in [3.05, 3.63) is 39.6 Å². The van der Waals surface area contributed by atoms with E-state index in [9.17, 15) is 0 Å². The van der Waals surface area contributed by atoms with Gasteiger partial charge in [-0.2, -0.15) is 0 Å². The fourth-order valence-electron chi connectivity index (χ4n) is 2.50. The summed E-state index contributed by atoms with van der Waals surface area (Å²) in [5.74, 6) is 5.98. The third kappa shape index (κ3) is 2.73. The largest absolute Gasteiger partial charge is 0.329 e. The predicted molar refractivity (Wildman–Crippen MR) is 78.2 cm³/mol. The third-order valence-electron chi connectivity index (χ3n) is 3.41. The molecule has 0 fully saturated rings. The van der Waals surface area contributed by atoms with E-state index in [1.54, 1.807) is 11.3 Å². The lowest BCUT2D eigenvalue weighted by Crippen LogP contribution is -2.08. The lowest BCUT2D eigenvalue weighted by Gasteiger charge is -2.13. The maximum Gasteiger partial charge on any atom is 0.0955 e. The van der Waals surface area contributed by atoms with Crippen molar-refractivity contribution in [2.24, 2.45) is 5.73 Å². The fraction of sp³-hybridized carbons (Fsp3) is 0.400. The zero-order valence-electron chi connectivity index (χ0n) is 10.9. The van der Waals surface area contributed by atoms with Gasteiger partial charge in [0.25, 0.3) is 0 Å². The molecule has 2 aromatic rings. The van der Waals surface area contributed by atoms with Crippen molar-refractivity contribution in [3.8, 4) is 11.8 Å². The summed E-state index contributed by atoms with van der Waals surface area (Å²) < 4.78 is 2.29. The number of rotatable bonds is 2. The van der Waals surface area contributed by atoms with Gasteiger partial charge < -0.3 is 10.3 Å². The molecule has 2 heterocycles. The molecule has 1 aliphatic carbocycles. The van der Waals surface area contributed by atoms with Crippen LogP contribution in [0.3, 0.4) is 0 Å². The number of aromatic nitrogens is 2. The van der Waals surface area contributed by atoms with E-state index in [-0.39, 0.29) is 0 Å². The minimum absolute atomic E-state index is 0.419. The van der Waals surface area contributed by atoms with Crippen molar-refractivity contribution < 1.29 is 0 Å². The van der Waals surface area contributed by atoms with Crippen LogP contribution in [0.5, 0.6) is 0 Å². The molecule has 0 bridgehead atoms. The molecule has 3 rings (SSSR count). The Kier molecular flexibility index (Phi) is 3.67. The number of nitrogens with two attached hydrogens (primary N) is 1. The molecule has 19 heavy (non-hydrogen) atoms. The standard InChI is InChI=1S/C15H17N3S/c16-9-3-4-12-7-8-13(19-12)10-18-11-17-14-5-1-2-6-15(14)18/h7-8,11H,1-2,5-6,9-10,16H2. The molecule has 0 atom stereocenters. The number of fused-ring (bicyclic) bond motifs is 1. The van der Waals surface area contributed by atoms with E-state index < -0.39 is 0 Å². The van der Waals surface area contributed by atoms with Crippen molar-refractivity contribution in [1.29, 1.82) is 0 Å². The molecule has 0 amide bonds. The third-order valence-corrected chi connectivity index (χ3v) is 4.40. The average molecular weight is 271 g/mol. The quantitative estimate of drug-likeness (QED) is 0.851. The Morgan fingerprint density at radius 3 is 3.11 bits per heavy atom. The van der Waals surface area contributed by atoms with Crippen LogP contribution >= 0.6 is 11.3 Å². The van der Waals surface area contributed by atoms with Gasteiger partial charge in [-0.3, -0.25) is 0 Å². The molecule has 0 unspecified atom stereocenters. The summed E-state index contributed by atoms with van der Waals surface area (Å²) in [6.45, 7) is 1.33. The maximum atomic E-state index is 5.39. The minimum Gasteiger partial charge on any atom is -0.329 e. The summed E-state index contributed by atoms with van der Waals surface area (Å²) in [7, 11) is 0. The summed E-state index contributed by atoms with van der Waals surface area (Å²) in [5.41, 5.74) is 8.11. The normalized spacial score (nSPS) is 13.7. The van der Waals surface area contributed by atoms with Crippen molar-refractivity contribution >= 4 is 11.3 Å². The van der Waals surface area contributed by atoms with Gasteiger partial charge in [0.05, 0.1) is 30.0 Å². The molecule has 0 saturated carbocycles. The van der Waals surface area contributed by atoms with Crippen LogP contribution in [-0.4, -0.2) is 16.1 Å². The average Bonchev–Trinajstić information content (AvgIpc) is 3.05. The van der Waals surface area contributed by atoms with Gasteiger partial charge in [-0.25, -0.2) is 4.98 Å². The van der Waals surface area contributed by atoms with Gasteiger partial charge in [-0.15, -0.1) is 11.3 Å². The molecule has 1 aliphatic rings. The van der Waals surface area contributed by atoms with Gasteiger partial charge in [-0.1, -0.05) is 11.8 Å². The molecular weight excluding hydrogens is 254 g/mol. The van der Waals surface area contributed by atoms with Gasteiger partial charge >= 0.3 is 0 Å². The van der Waals surface area contributed by atoms with Crippen LogP contribution in [0.1, 0.15) is 34.0 Å². The number of aryl methyl sites for hydroxylation is 1. The molecule has 0 aliphatic heterocycles. The number of thiophene rings is 1. The highest BCUT2D eigenvalue weighted by Gasteiger charge is 2.15. The van der Waals surface area contributed by atoms with Crippen molar-refractivity contribution in [3.63, 3.8) is 0 Å². The van der Waals surface area contributed by atoms with Gasteiger partial charge in [0.15, 0.2) is 0 Å². The van der Waals surface area contributed by atoms with Crippen molar-refractivity contribution in [2.45, 2.75) is 32.2 Å². The van der Waals surface area contributed by atoms with Crippen LogP contribution in [0.2, 0.25) is 0 Å². The van der Waals surface area contributed by atoms with E-state index >= 15 is 0 Å². The molecule has 2 N–H and O–H groups in total. The summed E-state index contributed by atoms with van der Waals surface area (Å²) in [6, 6.07) is 4.23. The summed E-state index contributed by atoms with van der Waals surface area (Å²) in [4.78, 5) is 6.95. The van der Waals surface area contributed by atoms with Gasteiger partial charge in [0.1, 0.15) is 0 Å². The number of hydrogen-bond donors (Lipinski definition) is 1. The summed E-state index contributed by atoms with van der Waals surface area (Å²) in [5, 5.41) is 0. The van der Waals surface area contributed by atoms with Gasteiger partial charge in [0, 0.05) is 10.6 Å². The molecule has 0 radical (unpaired) electrons. The highest BCUT2D eigenvalue weighted by atomic mass is 32.1. The lowest BCUT2D eigenvalue weighted by atomic mass is 10.0. The highest BCUT2D eigenvalue weighted by molar-refractivity contribution is 7.12. The van der Waals surface area contributed by atoms with Gasteiger partial charge in [0.2, 0.25) is 0 Å². The molecule has 0 aromatic carbocycles. The van der Waals surface area contributed by atoms with Crippen molar-refractivity contribution in [2.75, 3.05) is 6.54 Å². The fourth-order valence-corrected chi connectivity index (χ4v) is 3.38. The molecule has 4 heteroatoms. The Hall–Kier alpha value is -1.57. The monoisotopic (exact) mass is 271 g/mol. The highest BCUT2D eigenvalue weighted by Crippen LogP contribution is 2.23. The minimum atomic E-state index is 0.419. The first kappa shape index (κ1) is 12.5. The van der Waals surface area contributed by atoms with E-state index in [0.717, 1.165) is 17.8 Å². The summed E-state index contributed by atoms with van der Waals surface area (Å²) in [6.07, 6.45) is 6.86. The topological polar surface area (TPSA) is 43.8 Å². The van der Waals surface area contributed by atoms with Crippen LogP contribution in [0.15, 0.2) is 18.5 Å². The number of nitrogens with zero attached hydrogens (tertiary/aromatic N) is 2. The molecule has 0 spiro atoms. The van der Waals surface area contributed by atoms with Crippen LogP contribution in [-0.2, 0) is 19.4 Å². The lowest BCUT2D eigenvalue weighted by molar-refractivity contribution is 0.630. The first-order chi connectivity index (χ1) is 9.36. The molecule has 3 nitrogen and oxygen atoms in total. The first-order valence-corrected chi connectivity index (χ1v) is 7.49. The smallest absolute Gasteiger partial charge is 0.0955 e. The molecule has 2 aromatic heterocycles. The van der Waals surface area contributed by atoms with E-state index in [4.69, 9.17) is 5.73 Å². The van der Waals surface area contributed by atoms with E-state index in [1.165, 1.54) is 35.5 Å². The van der Waals surface area contributed by atoms with Crippen LogP contribution in [0.25, 0.3) is 0 Å². The van der Waals surface area contributed by atoms with Crippen LogP contribution < -0.4 is 5.73 Å². The second-order valence-corrected chi connectivity index (χ2v) is 5.91. The van der Waals surface area contributed by atoms with Crippen LogP contribution in [0, 0.1) is 11.8 Å². The van der Waals surface area contributed by atoms with E-state index in [2.05, 4.69) is 33.5 Å². The maximum absolute atomic E-state index is 5.39. The Labute approximate surface area is 117 Å². The molecule has 0 saturated heterocycles. The number of hydrogen-bond acceptors (Lipinski definition) is 3. The van der Waals surface area contributed by atoms with E-state index in [0.29, 0.717) is 6.54 Å². The summed E-state index contributed by atoms with van der Waals surface area (Å²) >= 11 is 1.74. The first-order valence-electron chi connectivity index (χ1n) is 6.67. The van der Waals surface area contributed by atoms with Gasteiger partial charge in [-0.05, 0) is 37.8 Å². The molecule has 98 valence electrons. The zero-order valence-corrected chi connectivity index (χ0v) is 11.7. The Balaban J connectivity index is 1.78. The SMILES string of the molecule is NCC#Cc1ccc(Cn2cnc3c2CCCC3)s1. The molecular formula is C15H17N3S.